The summed E-state index contributed by atoms with van der Waals surface area (Å²) in [5, 5.41) is 2.17. The van der Waals surface area contributed by atoms with Gasteiger partial charge in [0.2, 0.25) is 0 Å². The van der Waals surface area contributed by atoms with Crippen LogP contribution >= 0.6 is 27.3 Å². The molecule has 1 aromatic carbocycles. The van der Waals surface area contributed by atoms with Crippen molar-refractivity contribution >= 4 is 33.0 Å². The number of nitrogens with zero attached hydrogens (tertiary/aromatic N) is 1. The maximum absolute atomic E-state index is 12.2. The number of hydrogen-bond acceptors (Lipinski definition) is 3. The quantitative estimate of drug-likeness (QED) is 0.773. The highest BCUT2D eigenvalue weighted by atomic mass is 79.9. The molecule has 1 aromatic heterocycles. The zero-order chi connectivity index (χ0) is 13.9. The number of thiophene rings is 1. The van der Waals surface area contributed by atoms with Crippen LogP contribution in [0.4, 0.5) is 0 Å². The van der Waals surface area contributed by atoms with E-state index in [-0.39, 0.29) is 5.78 Å². The van der Waals surface area contributed by atoms with Crippen molar-refractivity contribution in [3.8, 4) is 0 Å². The van der Waals surface area contributed by atoms with Crippen molar-refractivity contribution in [1.29, 1.82) is 0 Å². The minimum atomic E-state index is 0.216. The normalized spacial score (nSPS) is 15.1. The number of halogens is 1. The zero-order valence-electron chi connectivity index (χ0n) is 11.1. The van der Waals surface area contributed by atoms with Crippen LogP contribution in [0.15, 0.2) is 40.2 Å². The molecule has 2 nitrogen and oxygen atoms in total. The molecule has 0 radical (unpaired) electrons. The van der Waals surface area contributed by atoms with Gasteiger partial charge in [0.15, 0.2) is 5.78 Å². The first kappa shape index (κ1) is 14.0. The van der Waals surface area contributed by atoms with E-state index in [2.05, 4.69) is 32.3 Å². The fourth-order valence-electron chi connectivity index (χ4n) is 2.58. The fourth-order valence-corrected chi connectivity index (χ4v) is 3.98. The summed E-state index contributed by atoms with van der Waals surface area (Å²) in [5.41, 5.74) is 2.23. The highest BCUT2D eigenvalue weighted by molar-refractivity contribution is 9.10. The van der Waals surface area contributed by atoms with E-state index in [1.54, 1.807) is 0 Å². The first-order chi connectivity index (χ1) is 9.74. The molecule has 3 rings (SSSR count). The van der Waals surface area contributed by atoms with Crippen molar-refractivity contribution in [2.75, 3.05) is 13.1 Å². The zero-order valence-corrected chi connectivity index (χ0v) is 13.5. The van der Waals surface area contributed by atoms with E-state index in [0.29, 0.717) is 6.42 Å². The summed E-state index contributed by atoms with van der Waals surface area (Å²) >= 11 is 5.30. The van der Waals surface area contributed by atoms with Crippen molar-refractivity contribution in [3.63, 3.8) is 0 Å². The molecular weight excluding hydrogens is 334 g/mol. The number of fused-ring (bicyclic) bond motifs is 1. The molecule has 4 heteroatoms. The lowest BCUT2D eigenvalue weighted by molar-refractivity contribution is 0.0960. The maximum Gasteiger partial charge on any atom is 0.165 e. The lowest BCUT2D eigenvalue weighted by Crippen LogP contribution is -2.31. The number of carbonyl (C=O) groups is 1. The molecular formula is C16H16BrNOS. The Morgan fingerprint density at radius 3 is 3.00 bits per heavy atom. The minimum Gasteiger partial charge on any atom is -0.298 e. The van der Waals surface area contributed by atoms with Crippen molar-refractivity contribution in [2.45, 2.75) is 19.4 Å². The standard InChI is InChI=1S/C16H16BrNOS/c17-14-4-2-1-3-13(14)15(19)5-8-18-9-6-16-12(11-18)7-10-20-16/h1-4,7,10H,5-6,8-9,11H2. The van der Waals surface area contributed by atoms with Crippen molar-refractivity contribution < 1.29 is 4.79 Å². The molecule has 0 saturated carbocycles. The third kappa shape index (κ3) is 3.03. The van der Waals surface area contributed by atoms with Gasteiger partial charge in [0.25, 0.3) is 0 Å². The number of carbonyl (C=O) groups excluding carboxylic acids is 1. The van der Waals surface area contributed by atoms with E-state index < -0.39 is 0 Å². The van der Waals surface area contributed by atoms with Gasteiger partial charge in [-0.1, -0.05) is 34.1 Å². The number of benzene rings is 1. The van der Waals surface area contributed by atoms with Crippen LogP contribution in [0, 0.1) is 0 Å². The fraction of sp³-hybridized carbons (Fsp3) is 0.312. The van der Waals surface area contributed by atoms with E-state index in [1.807, 2.05) is 35.6 Å². The number of Topliss-reactive ketones (excluding diaryl/α,β-unsaturated/α-hetero) is 1. The summed E-state index contributed by atoms with van der Waals surface area (Å²) in [7, 11) is 0. The highest BCUT2D eigenvalue weighted by Crippen LogP contribution is 2.24. The van der Waals surface area contributed by atoms with Gasteiger partial charge in [0.1, 0.15) is 0 Å². The van der Waals surface area contributed by atoms with Gasteiger partial charge >= 0.3 is 0 Å². The van der Waals surface area contributed by atoms with Gasteiger partial charge < -0.3 is 0 Å². The summed E-state index contributed by atoms with van der Waals surface area (Å²) in [4.78, 5) is 16.1. The lowest BCUT2D eigenvalue weighted by atomic mass is 10.1. The van der Waals surface area contributed by atoms with Crippen LogP contribution in [-0.2, 0) is 13.0 Å². The van der Waals surface area contributed by atoms with Gasteiger partial charge in [0, 0.05) is 41.0 Å². The van der Waals surface area contributed by atoms with Gasteiger partial charge in [-0.3, -0.25) is 9.69 Å². The second-order valence-electron chi connectivity index (χ2n) is 5.05. The predicted octanol–water partition coefficient (Wildman–Crippen LogP) is 4.14. The van der Waals surface area contributed by atoms with Gasteiger partial charge in [-0.25, -0.2) is 0 Å². The first-order valence-corrected chi connectivity index (χ1v) is 8.46. The number of ketones is 1. The molecule has 0 saturated heterocycles. The Balaban J connectivity index is 1.58. The van der Waals surface area contributed by atoms with E-state index in [9.17, 15) is 4.79 Å². The first-order valence-electron chi connectivity index (χ1n) is 6.79. The van der Waals surface area contributed by atoms with E-state index in [1.165, 1.54) is 10.4 Å². The van der Waals surface area contributed by atoms with E-state index >= 15 is 0 Å². The Labute approximate surface area is 131 Å². The monoisotopic (exact) mass is 349 g/mol. The largest absolute Gasteiger partial charge is 0.298 e. The summed E-state index contributed by atoms with van der Waals surface area (Å²) in [6.07, 6.45) is 1.71. The third-order valence-electron chi connectivity index (χ3n) is 3.72. The van der Waals surface area contributed by atoms with Crippen LogP contribution < -0.4 is 0 Å². The number of hydrogen-bond donors (Lipinski definition) is 0. The van der Waals surface area contributed by atoms with Gasteiger partial charge in [-0.15, -0.1) is 11.3 Å². The van der Waals surface area contributed by atoms with Crippen LogP contribution in [0.2, 0.25) is 0 Å². The third-order valence-corrected chi connectivity index (χ3v) is 5.43. The maximum atomic E-state index is 12.2. The van der Waals surface area contributed by atoms with Crippen LogP contribution in [0.3, 0.4) is 0 Å². The molecule has 0 aliphatic carbocycles. The molecule has 104 valence electrons. The van der Waals surface area contributed by atoms with Crippen LogP contribution in [0.1, 0.15) is 27.2 Å². The second-order valence-corrected chi connectivity index (χ2v) is 6.90. The molecule has 20 heavy (non-hydrogen) atoms. The Kier molecular flexibility index (Phi) is 4.34. The lowest BCUT2D eigenvalue weighted by Gasteiger charge is -2.26. The van der Waals surface area contributed by atoms with Crippen molar-refractivity contribution in [3.05, 3.63) is 56.2 Å². The average Bonchev–Trinajstić information content (AvgIpc) is 2.92. The Hall–Kier alpha value is -0.970. The smallest absolute Gasteiger partial charge is 0.165 e. The summed E-state index contributed by atoms with van der Waals surface area (Å²) in [6, 6.07) is 9.87. The van der Waals surface area contributed by atoms with Crippen LogP contribution in [0.5, 0.6) is 0 Å². The second kappa shape index (κ2) is 6.20. The Bertz CT molecular complexity index is 622. The highest BCUT2D eigenvalue weighted by Gasteiger charge is 2.18. The van der Waals surface area contributed by atoms with Gasteiger partial charge in [0.05, 0.1) is 0 Å². The summed E-state index contributed by atoms with van der Waals surface area (Å²) < 4.78 is 0.892. The summed E-state index contributed by atoms with van der Waals surface area (Å²) in [6.45, 7) is 2.90. The Morgan fingerprint density at radius 2 is 2.15 bits per heavy atom. The SMILES string of the molecule is O=C(CCN1CCc2sccc2C1)c1ccccc1Br. The van der Waals surface area contributed by atoms with Crippen molar-refractivity contribution in [1.82, 2.24) is 4.90 Å². The molecule has 1 aliphatic rings. The molecule has 0 atom stereocenters. The minimum absolute atomic E-state index is 0.216. The molecule has 0 spiro atoms. The van der Waals surface area contributed by atoms with E-state index in [0.717, 1.165) is 36.1 Å². The number of rotatable bonds is 4. The Morgan fingerprint density at radius 1 is 1.30 bits per heavy atom. The molecule has 2 heterocycles. The average molecular weight is 350 g/mol. The van der Waals surface area contributed by atoms with Crippen LogP contribution in [-0.4, -0.2) is 23.8 Å². The molecule has 0 N–H and O–H groups in total. The molecule has 0 amide bonds. The predicted molar refractivity (Wildman–Crippen MR) is 86.4 cm³/mol. The molecule has 0 bridgehead atoms. The molecule has 1 aliphatic heterocycles. The molecule has 0 unspecified atom stereocenters. The molecule has 0 fully saturated rings. The van der Waals surface area contributed by atoms with Gasteiger partial charge in [-0.2, -0.15) is 0 Å². The topological polar surface area (TPSA) is 20.3 Å². The summed E-state index contributed by atoms with van der Waals surface area (Å²) in [5.74, 6) is 0.216. The van der Waals surface area contributed by atoms with Crippen LogP contribution in [0.25, 0.3) is 0 Å². The van der Waals surface area contributed by atoms with Gasteiger partial charge in [-0.05, 0) is 29.5 Å². The molecule has 2 aromatic rings. The van der Waals surface area contributed by atoms with Crippen molar-refractivity contribution in [2.24, 2.45) is 0 Å². The van der Waals surface area contributed by atoms with E-state index in [4.69, 9.17) is 0 Å².